The van der Waals surface area contributed by atoms with E-state index in [0.717, 1.165) is 33.4 Å². The molecule has 1 saturated heterocycles. The largest absolute Gasteiger partial charge is 0.312 e. The highest BCUT2D eigenvalue weighted by Gasteiger charge is 2.36. The maximum absolute atomic E-state index is 13.1. The number of halogens is 1. The molecular weight excluding hydrogens is 362 g/mol. The summed E-state index contributed by atoms with van der Waals surface area (Å²) in [6.07, 6.45) is 1.75. The van der Waals surface area contributed by atoms with Crippen molar-refractivity contribution in [3.63, 3.8) is 0 Å². The van der Waals surface area contributed by atoms with Crippen molar-refractivity contribution >= 4 is 40.1 Å². The van der Waals surface area contributed by atoms with Gasteiger partial charge < -0.3 is 4.90 Å². The minimum absolute atomic E-state index is 0.0651. The number of carbonyl (C=O) groups excluding carboxylic acids is 2. The highest BCUT2D eigenvalue weighted by atomic mass is 35.5. The number of nitrogens with zero attached hydrogens (tertiary/aromatic N) is 3. The van der Waals surface area contributed by atoms with Gasteiger partial charge in [-0.15, -0.1) is 0 Å². The molecule has 5 nitrogen and oxygen atoms in total. The number of hydrogen-bond acceptors (Lipinski definition) is 3. The Kier molecular flexibility index (Phi) is 4.27. The molecule has 0 radical (unpaired) electrons. The fraction of sp³-hybridized carbons (Fsp3) is 0.286. The summed E-state index contributed by atoms with van der Waals surface area (Å²) in [5, 5.41) is 0.613. The van der Waals surface area contributed by atoms with Gasteiger partial charge in [-0.3, -0.25) is 14.2 Å². The second-order valence-electron chi connectivity index (χ2n) is 7.22. The van der Waals surface area contributed by atoms with Crippen LogP contribution in [0.2, 0.25) is 5.02 Å². The summed E-state index contributed by atoms with van der Waals surface area (Å²) in [5.74, 6) is -0.573. The van der Waals surface area contributed by atoms with E-state index < -0.39 is 5.92 Å². The summed E-state index contributed by atoms with van der Waals surface area (Å²) in [4.78, 5) is 31.6. The molecule has 1 atom stereocenters. The van der Waals surface area contributed by atoms with E-state index in [0.29, 0.717) is 11.6 Å². The van der Waals surface area contributed by atoms with Crippen LogP contribution in [0.25, 0.3) is 11.0 Å². The Morgan fingerprint density at radius 2 is 1.85 bits per heavy atom. The van der Waals surface area contributed by atoms with Gasteiger partial charge in [-0.2, -0.15) is 0 Å². The Balaban J connectivity index is 1.63. The van der Waals surface area contributed by atoms with Crippen molar-refractivity contribution in [3.8, 4) is 0 Å². The van der Waals surface area contributed by atoms with Crippen molar-refractivity contribution in [1.82, 2.24) is 9.55 Å². The zero-order valence-corrected chi connectivity index (χ0v) is 16.2. The molecule has 0 bridgehead atoms. The third-order valence-electron chi connectivity index (χ3n) is 5.34. The topological polar surface area (TPSA) is 55.2 Å². The lowest BCUT2D eigenvalue weighted by Gasteiger charge is -2.17. The predicted octanol–water partition coefficient (Wildman–Crippen LogP) is 4.31. The average molecular weight is 382 g/mol. The standard InChI is InChI=1S/C21H20ClN3O2/c1-12-4-5-16(9-17(12)22)24-10-15(8-20(24)26)21(27)25-11-23-18-6-13(2)14(3)7-19(18)25/h4-7,9,11,15H,8,10H2,1-3H3/t15-/m0/s1. The quantitative estimate of drug-likeness (QED) is 0.664. The van der Waals surface area contributed by atoms with Crippen LogP contribution >= 0.6 is 11.6 Å². The van der Waals surface area contributed by atoms with Crippen LogP contribution in [-0.4, -0.2) is 27.9 Å². The van der Waals surface area contributed by atoms with E-state index in [2.05, 4.69) is 4.98 Å². The first-order chi connectivity index (χ1) is 12.8. The molecule has 4 rings (SSSR count). The molecule has 1 aromatic heterocycles. The molecule has 2 aromatic carbocycles. The van der Waals surface area contributed by atoms with Crippen LogP contribution in [0.1, 0.15) is 27.9 Å². The van der Waals surface area contributed by atoms with Crippen LogP contribution < -0.4 is 4.90 Å². The Labute approximate surface area is 162 Å². The zero-order chi connectivity index (χ0) is 19.3. The minimum Gasteiger partial charge on any atom is -0.312 e. The maximum Gasteiger partial charge on any atom is 0.237 e. The van der Waals surface area contributed by atoms with Gasteiger partial charge in [0.25, 0.3) is 0 Å². The van der Waals surface area contributed by atoms with E-state index in [-0.39, 0.29) is 18.2 Å². The third kappa shape index (κ3) is 3.02. The second kappa shape index (κ2) is 6.50. The van der Waals surface area contributed by atoms with Gasteiger partial charge in [0.15, 0.2) is 0 Å². The third-order valence-corrected chi connectivity index (χ3v) is 5.75. The number of carbonyl (C=O) groups is 2. The van der Waals surface area contributed by atoms with Gasteiger partial charge in [0.05, 0.1) is 17.0 Å². The van der Waals surface area contributed by atoms with E-state index in [4.69, 9.17) is 11.6 Å². The van der Waals surface area contributed by atoms with Gasteiger partial charge in [-0.1, -0.05) is 17.7 Å². The van der Waals surface area contributed by atoms with Crippen molar-refractivity contribution in [3.05, 3.63) is 58.4 Å². The van der Waals surface area contributed by atoms with Crippen molar-refractivity contribution in [2.45, 2.75) is 27.2 Å². The van der Waals surface area contributed by atoms with Gasteiger partial charge in [0, 0.05) is 23.7 Å². The van der Waals surface area contributed by atoms with Crippen LogP contribution in [0, 0.1) is 26.7 Å². The molecule has 0 spiro atoms. The smallest absolute Gasteiger partial charge is 0.237 e. The Hall–Kier alpha value is -2.66. The second-order valence-corrected chi connectivity index (χ2v) is 7.62. The first-order valence-corrected chi connectivity index (χ1v) is 9.28. The van der Waals surface area contributed by atoms with Gasteiger partial charge >= 0.3 is 0 Å². The molecule has 138 valence electrons. The van der Waals surface area contributed by atoms with Crippen LogP contribution in [0.4, 0.5) is 5.69 Å². The number of imidazole rings is 1. The molecule has 1 aliphatic rings. The summed E-state index contributed by atoms with van der Waals surface area (Å²) in [6.45, 7) is 6.30. The molecule has 0 N–H and O–H groups in total. The molecule has 2 heterocycles. The summed E-state index contributed by atoms with van der Waals surface area (Å²) >= 11 is 6.20. The highest BCUT2D eigenvalue weighted by Crippen LogP contribution is 2.30. The molecule has 0 aliphatic carbocycles. The summed E-state index contributed by atoms with van der Waals surface area (Å²) in [5.41, 5.74) is 5.50. The molecule has 1 fully saturated rings. The van der Waals surface area contributed by atoms with Crippen LogP contribution in [0.15, 0.2) is 36.7 Å². The molecule has 6 heteroatoms. The molecular formula is C21H20ClN3O2. The molecule has 3 aromatic rings. The highest BCUT2D eigenvalue weighted by molar-refractivity contribution is 6.31. The number of anilines is 1. The zero-order valence-electron chi connectivity index (χ0n) is 15.5. The number of amides is 1. The van der Waals surface area contributed by atoms with E-state index in [9.17, 15) is 9.59 Å². The van der Waals surface area contributed by atoms with E-state index >= 15 is 0 Å². The normalized spacial score (nSPS) is 17.1. The van der Waals surface area contributed by atoms with Crippen molar-refractivity contribution in [2.75, 3.05) is 11.4 Å². The molecule has 0 saturated carbocycles. The summed E-state index contributed by atoms with van der Waals surface area (Å²) < 4.78 is 1.57. The fourth-order valence-corrected chi connectivity index (χ4v) is 3.68. The van der Waals surface area contributed by atoms with Crippen molar-refractivity contribution in [2.24, 2.45) is 5.92 Å². The van der Waals surface area contributed by atoms with E-state index in [1.54, 1.807) is 21.9 Å². The molecule has 0 unspecified atom stereocenters. The monoisotopic (exact) mass is 381 g/mol. The van der Waals surface area contributed by atoms with Crippen molar-refractivity contribution < 1.29 is 9.59 Å². The Morgan fingerprint density at radius 1 is 1.11 bits per heavy atom. The number of aryl methyl sites for hydroxylation is 3. The van der Waals surface area contributed by atoms with E-state index in [1.807, 2.05) is 45.0 Å². The van der Waals surface area contributed by atoms with Crippen LogP contribution in [0.5, 0.6) is 0 Å². The van der Waals surface area contributed by atoms with Gasteiger partial charge in [-0.25, -0.2) is 4.98 Å². The van der Waals surface area contributed by atoms with E-state index in [1.165, 1.54) is 0 Å². The molecule has 1 aliphatic heterocycles. The lowest BCUT2D eigenvalue weighted by atomic mass is 10.1. The van der Waals surface area contributed by atoms with Gasteiger partial charge in [0.2, 0.25) is 11.8 Å². The fourth-order valence-electron chi connectivity index (χ4n) is 3.51. The van der Waals surface area contributed by atoms with Crippen LogP contribution in [-0.2, 0) is 4.79 Å². The first-order valence-electron chi connectivity index (χ1n) is 8.90. The van der Waals surface area contributed by atoms with Gasteiger partial charge in [-0.05, 0) is 61.7 Å². The number of fused-ring (bicyclic) bond motifs is 1. The average Bonchev–Trinajstić information content (AvgIpc) is 3.21. The maximum atomic E-state index is 13.1. The number of hydrogen-bond donors (Lipinski definition) is 0. The number of rotatable bonds is 2. The molecule has 27 heavy (non-hydrogen) atoms. The number of aromatic nitrogens is 2. The minimum atomic E-state index is -0.406. The van der Waals surface area contributed by atoms with Gasteiger partial charge in [0.1, 0.15) is 6.33 Å². The van der Waals surface area contributed by atoms with Crippen LogP contribution in [0.3, 0.4) is 0 Å². The summed E-state index contributed by atoms with van der Waals surface area (Å²) in [7, 11) is 0. The predicted molar refractivity (Wildman–Crippen MR) is 106 cm³/mol. The Bertz CT molecular complexity index is 1090. The first kappa shape index (κ1) is 17.7. The Morgan fingerprint density at radius 3 is 2.59 bits per heavy atom. The SMILES string of the molecule is Cc1cc2ncn(C(=O)[C@H]3CC(=O)N(c4ccc(C)c(Cl)c4)C3)c2cc1C. The summed E-state index contributed by atoms with van der Waals surface area (Å²) in [6, 6.07) is 9.48. The van der Waals surface area contributed by atoms with Crippen molar-refractivity contribution in [1.29, 1.82) is 0 Å². The lowest BCUT2D eigenvalue weighted by molar-refractivity contribution is -0.117. The molecule has 1 amide bonds. The lowest BCUT2D eigenvalue weighted by Crippen LogP contribution is -2.27. The number of benzene rings is 2.